The van der Waals surface area contributed by atoms with Gasteiger partial charge in [-0.25, -0.2) is 12.8 Å². The molecule has 1 aromatic heterocycles. The molecule has 28 heavy (non-hydrogen) atoms. The number of aromatic nitrogens is 1. The van der Waals surface area contributed by atoms with Crippen molar-refractivity contribution >= 4 is 32.3 Å². The molecule has 0 aliphatic heterocycles. The zero-order valence-electron chi connectivity index (χ0n) is 14.3. The molecule has 0 atom stereocenters. The number of nitrogens with zero attached hydrogens (tertiary/aromatic N) is 1. The van der Waals surface area contributed by atoms with Gasteiger partial charge in [-0.1, -0.05) is 23.7 Å². The summed E-state index contributed by atoms with van der Waals surface area (Å²) in [5.74, 6) is -0.542. The minimum atomic E-state index is -3.98. The van der Waals surface area contributed by atoms with Gasteiger partial charge in [0.1, 0.15) is 11.6 Å². The van der Waals surface area contributed by atoms with Gasteiger partial charge < -0.3 is 5.11 Å². The number of benzene rings is 3. The van der Waals surface area contributed by atoms with E-state index in [9.17, 15) is 17.9 Å². The Morgan fingerprint density at radius 2 is 1.61 bits per heavy atom. The summed E-state index contributed by atoms with van der Waals surface area (Å²) in [6.07, 6.45) is 1.27. The summed E-state index contributed by atoms with van der Waals surface area (Å²) in [7, 11) is -3.98. The highest BCUT2D eigenvalue weighted by Gasteiger charge is 2.25. The number of pyridine rings is 1. The Balaban J connectivity index is 2.07. The third kappa shape index (κ3) is 3.21. The van der Waals surface area contributed by atoms with Crippen LogP contribution in [0.2, 0.25) is 5.02 Å². The fraction of sp³-hybridized carbons (Fsp3) is 0. The van der Waals surface area contributed by atoms with Gasteiger partial charge in [0, 0.05) is 22.2 Å². The molecule has 0 saturated carbocycles. The molecular weight excluding hydrogens is 401 g/mol. The molecule has 0 unspecified atom stereocenters. The van der Waals surface area contributed by atoms with Crippen molar-refractivity contribution < 1.29 is 17.9 Å². The van der Waals surface area contributed by atoms with Gasteiger partial charge in [-0.2, -0.15) is 0 Å². The van der Waals surface area contributed by atoms with E-state index in [1.54, 1.807) is 24.3 Å². The second-order valence-electron chi connectivity index (χ2n) is 6.16. The maximum atomic E-state index is 14.0. The number of phenols is 1. The van der Waals surface area contributed by atoms with Crippen LogP contribution in [0.15, 0.2) is 82.7 Å². The van der Waals surface area contributed by atoms with Crippen LogP contribution < -0.4 is 0 Å². The van der Waals surface area contributed by atoms with Gasteiger partial charge in [-0.3, -0.25) is 4.98 Å². The lowest BCUT2D eigenvalue weighted by atomic mass is 10.0. The van der Waals surface area contributed by atoms with Crippen LogP contribution >= 0.6 is 11.6 Å². The molecule has 3 aromatic carbocycles. The van der Waals surface area contributed by atoms with Crippen LogP contribution in [0.5, 0.6) is 5.75 Å². The van der Waals surface area contributed by atoms with E-state index in [1.807, 2.05) is 0 Å². The Bertz CT molecular complexity index is 1290. The van der Waals surface area contributed by atoms with Crippen molar-refractivity contribution in [2.75, 3.05) is 0 Å². The van der Waals surface area contributed by atoms with Gasteiger partial charge in [0.05, 0.1) is 15.3 Å². The Kier molecular flexibility index (Phi) is 4.53. The van der Waals surface area contributed by atoms with E-state index in [2.05, 4.69) is 4.98 Å². The molecule has 140 valence electrons. The number of hydrogen-bond acceptors (Lipinski definition) is 4. The van der Waals surface area contributed by atoms with E-state index in [4.69, 9.17) is 11.6 Å². The lowest BCUT2D eigenvalue weighted by molar-refractivity contribution is 0.475. The van der Waals surface area contributed by atoms with E-state index in [-0.39, 0.29) is 15.5 Å². The average molecular weight is 414 g/mol. The summed E-state index contributed by atoms with van der Waals surface area (Å²) in [5.41, 5.74) is 1.38. The van der Waals surface area contributed by atoms with E-state index in [1.165, 1.54) is 48.7 Å². The normalized spacial score (nSPS) is 11.6. The molecule has 1 N–H and O–H groups in total. The summed E-state index contributed by atoms with van der Waals surface area (Å²) in [6.45, 7) is 0. The van der Waals surface area contributed by atoms with Crippen molar-refractivity contribution in [1.82, 2.24) is 4.98 Å². The van der Waals surface area contributed by atoms with Crippen LogP contribution in [0.4, 0.5) is 4.39 Å². The minimum Gasteiger partial charge on any atom is -0.508 e. The highest BCUT2D eigenvalue weighted by atomic mass is 35.5. The van der Waals surface area contributed by atoms with Crippen LogP contribution in [0, 0.1) is 5.82 Å². The first-order valence-corrected chi connectivity index (χ1v) is 10.1. The molecule has 4 aromatic rings. The zero-order chi connectivity index (χ0) is 19.9. The van der Waals surface area contributed by atoms with Crippen molar-refractivity contribution in [2.24, 2.45) is 0 Å². The number of aromatic hydroxyl groups is 1. The number of rotatable bonds is 3. The maximum absolute atomic E-state index is 14.0. The fourth-order valence-electron chi connectivity index (χ4n) is 3.02. The van der Waals surface area contributed by atoms with E-state index < -0.39 is 15.7 Å². The van der Waals surface area contributed by atoms with E-state index in [0.29, 0.717) is 27.1 Å². The molecular formula is C21H13ClFNO3S. The van der Waals surface area contributed by atoms with Crippen molar-refractivity contribution in [2.45, 2.75) is 9.79 Å². The highest BCUT2D eigenvalue weighted by Crippen LogP contribution is 2.37. The number of halogens is 2. The first kappa shape index (κ1) is 18.4. The molecule has 0 fully saturated rings. The van der Waals surface area contributed by atoms with Gasteiger partial charge >= 0.3 is 0 Å². The molecule has 0 aliphatic carbocycles. The second kappa shape index (κ2) is 6.89. The number of phenolic OH excluding ortho intramolecular Hbond substituents is 1. The summed E-state index contributed by atoms with van der Waals surface area (Å²) >= 11 is 5.97. The molecule has 0 bridgehead atoms. The summed E-state index contributed by atoms with van der Waals surface area (Å²) in [6, 6.07) is 15.9. The topological polar surface area (TPSA) is 67.3 Å². The monoisotopic (exact) mass is 413 g/mol. The molecule has 0 saturated heterocycles. The largest absolute Gasteiger partial charge is 0.508 e. The molecule has 0 aliphatic rings. The van der Waals surface area contributed by atoms with Crippen molar-refractivity contribution in [3.05, 3.63) is 83.8 Å². The van der Waals surface area contributed by atoms with E-state index in [0.717, 1.165) is 0 Å². The smallest absolute Gasteiger partial charge is 0.208 e. The van der Waals surface area contributed by atoms with Crippen LogP contribution in [0.1, 0.15) is 0 Å². The summed E-state index contributed by atoms with van der Waals surface area (Å²) in [5, 5.41) is 10.3. The molecule has 0 amide bonds. The van der Waals surface area contributed by atoms with Crippen molar-refractivity contribution in [1.29, 1.82) is 0 Å². The lowest BCUT2D eigenvalue weighted by Gasteiger charge is -2.14. The fourth-order valence-corrected chi connectivity index (χ4v) is 4.58. The van der Waals surface area contributed by atoms with Crippen molar-refractivity contribution in [3.63, 3.8) is 0 Å². The first-order valence-electron chi connectivity index (χ1n) is 8.24. The Morgan fingerprint density at radius 1 is 0.929 bits per heavy atom. The molecule has 0 spiro atoms. The van der Waals surface area contributed by atoms with Gasteiger partial charge in [0.25, 0.3) is 0 Å². The third-order valence-electron chi connectivity index (χ3n) is 4.36. The zero-order valence-corrected chi connectivity index (χ0v) is 15.9. The van der Waals surface area contributed by atoms with Gasteiger partial charge in [0.15, 0.2) is 0 Å². The summed E-state index contributed by atoms with van der Waals surface area (Å²) in [4.78, 5) is 4.16. The van der Waals surface area contributed by atoms with Gasteiger partial charge in [0.2, 0.25) is 9.84 Å². The third-order valence-corrected chi connectivity index (χ3v) is 6.40. The minimum absolute atomic E-state index is 0.00179. The Hall–Kier alpha value is -2.96. The maximum Gasteiger partial charge on any atom is 0.208 e. The molecule has 0 radical (unpaired) electrons. The quantitative estimate of drug-likeness (QED) is 0.499. The number of fused-ring (bicyclic) bond motifs is 1. The predicted octanol–water partition coefficient (Wildman–Crippen LogP) is 5.23. The summed E-state index contributed by atoms with van der Waals surface area (Å²) < 4.78 is 40.6. The number of sulfone groups is 1. The number of hydrogen-bond donors (Lipinski definition) is 1. The van der Waals surface area contributed by atoms with Crippen LogP contribution in [-0.4, -0.2) is 18.5 Å². The van der Waals surface area contributed by atoms with Crippen LogP contribution in [0.25, 0.3) is 22.0 Å². The van der Waals surface area contributed by atoms with Gasteiger partial charge in [-0.05, 0) is 60.2 Å². The average Bonchev–Trinajstić information content (AvgIpc) is 2.68. The van der Waals surface area contributed by atoms with Gasteiger partial charge in [-0.15, -0.1) is 0 Å². The molecule has 1 heterocycles. The molecule has 7 heteroatoms. The molecule has 4 nitrogen and oxygen atoms in total. The standard InChI is InChI=1S/C21H13ClFNO3S/c22-14-3-1-13(2-4-14)21-18-11-15(23)5-10-19(18)24-12-20(21)28(26,27)17-8-6-16(25)7-9-17/h1-12,25H. The Labute approximate surface area is 165 Å². The van der Waals surface area contributed by atoms with E-state index >= 15 is 0 Å². The second-order valence-corrected chi connectivity index (χ2v) is 8.52. The van der Waals surface area contributed by atoms with Crippen molar-refractivity contribution in [3.8, 4) is 16.9 Å². The van der Waals surface area contributed by atoms with Crippen LogP contribution in [-0.2, 0) is 9.84 Å². The highest BCUT2D eigenvalue weighted by molar-refractivity contribution is 7.91. The Morgan fingerprint density at radius 3 is 2.29 bits per heavy atom. The lowest BCUT2D eigenvalue weighted by Crippen LogP contribution is -2.05. The predicted molar refractivity (Wildman–Crippen MR) is 106 cm³/mol. The molecule has 4 rings (SSSR count). The SMILES string of the molecule is O=S(=O)(c1ccc(O)cc1)c1cnc2ccc(F)cc2c1-c1ccc(Cl)cc1. The van der Waals surface area contributed by atoms with Crippen LogP contribution in [0.3, 0.4) is 0 Å². The first-order chi connectivity index (χ1) is 13.4.